The number of hydrogen-bond donors (Lipinski definition) is 2. The van der Waals surface area contributed by atoms with Gasteiger partial charge in [-0.2, -0.15) is 0 Å². The fourth-order valence-electron chi connectivity index (χ4n) is 4.59. The lowest BCUT2D eigenvalue weighted by molar-refractivity contribution is -0.0835. The summed E-state index contributed by atoms with van der Waals surface area (Å²) in [6.07, 6.45) is 3.66. The second-order valence-corrected chi connectivity index (χ2v) is 10.3. The van der Waals surface area contributed by atoms with Gasteiger partial charge in [0.1, 0.15) is 5.75 Å². The standard InChI is InChI=1S/C26H43N3O3/c1-6-27-25(29-16-22-8-7-12-31-24(22)26(3,4)5)28-15-21-10-9-19(2)14-23(21)32-18-20-11-13-30-17-20/h9-10,14,20,22,24H,6-8,11-13,15-18H2,1-5H3,(H2,27,28,29). The summed E-state index contributed by atoms with van der Waals surface area (Å²) in [6.45, 7) is 16.5. The van der Waals surface area contributed by atoms with Crippen molar-refractivity contribution in [3.63, 3.8) is 0 Å². The van der Waals surface area contributed by atoms with E-state index in [0.29, 0.717) is 25.0 Å². The maximum Gasteiger partial charge on any atom is 0.191 e. The Morgan fingerprint density at radius 1 is 1.19 bits per heavy atom. The minimum absolute atomic E-state index is 0.140. The molecule has 2 aliphatic rings. The van der Waals surface area contributed by atoms with Crippen LogP contribution in [-0.4, -0.2) is 51.6 Å². The minimum atomic E-state index is 0.140. The van der Waals surface area contributed by atoms with E-state index >= 15 is 0 Å². The number of benzene rings is 1. The predicted molar refractivity (Wildman–Crippen MR) is 130 cm³/mol. The summed E-state index contributed by atoms with van der Waals surface area (Å²) < 4.78 is 17.8. The van der Waals surface area contributed by atoms with Crippen molar-refractivity contribution in [2.24, 2.45) is 22.2 Å². The van der Waals surface area contributed by atoms with Gasteiger partial charge in [-0.15, -0.1) is 0 Å². The zero-order valence-corrected chi connectivity index (χ0v) is 20.7. The normalized spacial score (nSPS) is 24.4. The van der Waals surface area contributed by atoms with E-state index in [2.05, 4.69) is 63.5 Å². The Labute approximate surface area is 194 Å². The Hall–Kier alpha value is -1.79. The zero-order valence-electron chi connectivity index (χ0n) is 20.7. The van der Waals surface area contributed by atoms with Gasteiger partial charge < -0.3 is 24.8 Å². The molecule has 3 rings (SSSR count). The van der Waals surface area contributed by atoms with E-state index < -0.39 is 0 Å². The first kappa shape index (κ1) is 24.8. The second kappa shape index (κ2) is 11.9. The van der Waals surface area contributed by atoms with Crippen LogP contribution in [0, 0.1) is 24.2 Å². The summed E-state index contributed by atoms with van der Waals surface area (Å²) in [7, 11) is 0. The minimum Gasteiger partial charge on any atom is -0.493 e. The molecule has 2 N–H and O–H groups in total. The van der Waals surface area contributed by atoms with Crippen LogP contribution in [0.2, 0.25) is 0 Å². The van der Waals surface area contributed by atoms with Crippen LogP contribution in [0.5, 0.6) is 5.75 Å². The predicted octanol–water partition coefficient (Wildman–Crippen LogP) is 4.31. The van der Waals surface area contributed by atoms with Crippen molar-refractivity contribution in [2.45, 2.75) is 66.5 Å². The monoisotopic (exact) mass is 445 g/mol. The molecule has 3 unspecified atom stereocenters. The third kappa shape index (κ3) is 7.38. The Kier molecular flexibility index (Phi) is 9.23. The van der Waals surface area contributed by atoms with Crippen LogP contribution < -0.4 is 15.4 Å². The maximum absolute atomic E-state index is 6.19. The van der Waals surface area contributed by atoms with Gasteiger partial charge in [0.2, 0.25) is 0 Å². The van der Waals surface area contributed by atoms with Crippen molar-refractivity contribution in [2.75, 3.05) is 39.5 Å². The molecule has 1 aromatic carbocycles. The molecule has 32 heavy (non-hydrogen) atoms. The number of nitrogens with one attached hydrogen (secondary N) is 2. The van der Waals surface area contributed by atoms with E-state index in [-0.39, 0.29) is 11.5 Å². The molecule has 2 fully saturated rings. The fraction of sp³-hybridized carbons (Fsp3) is 0.731. The van der Waals surface area contributed by atoms with Crippen molar-refractivity contribution in [1.82, 2.24) is 10.6 Å². The summed E-state index contributed by atoms with van der Waals surface area (Å²) in [6, 6.07) is 6.38. The summed E-state index contributed by atoms with van der Waals surface area (Å²) in [5, 5.41) is 6.97. The lowest BCUT2D eigenvalue weighted by Crippen LogP contribution is -2.47. The number of ether oxygens (including phenoxy) is 3. The van der Waals surface area contributed by atoms with Crippen LogP contribution in [0.4, 0.5) is 0 Å². The van der Waals surface area contributed by atoms with E-state index in [0.717, 1.165) is 63.0 Å². The van der Waals surface area contributed by atoms with Gasteiger partial charge in [0.05, 0.1) is 25.9 Å². The Bertz CT molecular complexity index is 738. The highest BCUT2D eigenvalue weighted by atomic mass is 16.5. The van der Waals surface area contributed by atoms with Crippen LogP contribution in [0.3, 0.4) is 0 Å². The molecular weight excluding hydrogens is 402 g/mol. The Balaban J connectivity index is 1.62. The van der Waals surface area contributed by atoms with Crippen molar-refractivity contribution in [1.29, 1.82) is 0 Å². The van der Waals surface area contributed by atoms with Crippen molar-refractivity contribution < 1.29 is 14.2 Å². The molecule has 0 saturated carbocycles. The molecule has 0 aliphatic carbocycles. The first-order valence-electron chi connectivity index (χ1n) is 12.3. The van der Waals surface area contributed by atoms with Gasteiger partial charge in [0, 0.05) is 43.7 Å². The summed E-state index contributed by atoms with van der Waals surface area (Å²) in [4.78, 5) is 4.87. The summed E-state index contributed by atoms with van der Waals surface area (Å²) in [5.41, 5.74) is 2.45. The molecule has 6 heteroatoms. The van der Waals surface area contributed by atoms with E-state index in [1.54, 1.807) is 0 Å². The molecular formula is C26H43N3O3. The third-order valence-electron chi connectivity index (χ3n) is 6.30. The molecule has 1 aromatic rings. The summed E-state index contributed by atoms with van der Waals surface area (Å²) >= 11 is 0. The Morgan fingerprint density at radius 2 is 2.03 bits per heavy atom. The molecule has 0 aromatic heterocycles. The topological polar surface area (TPSA) is 64.1 Å². The van der Waals surface area contributed by atoms with E-state index in [9.17, 15) is 0 Å². The highest BCUT2D eigenvalue weighted by Crippen LogP contribution is 2.33. The number of aliphatic imine (C=N–C) groups is 1. The fourth-order valence-corrected chi connectivity index (χ4v) is 4.59. The first-order chi connectivity index (χ1) is 15.4. The van der Waals surface area contributed by atoms with Crippen LogP contribution in [0.15, 0.2) is 23.2 Å². The molecule has 180 valence electrons. The highest BCUT2D eigenvalue weighted by molar-refractivity contribution is 5.79. The zero-order chi connectivity index (χ0) is 23.0. The van der Waals surface area contributed by atoms with Crippen LogP contribution in [0.25, 0.3) is 0 Å². The maximum atomic E-state index is 6.19. The number of rotatable bonds is 8. The quantitative estimate of drug-likeness (QED) is 0.461. The van der Waals surface area contributed by atoms with Gasteiger partial charge >= 0.3 is 0 Å². The number of guanidine groups is 1. The first-order valence-corrected chi connectivity index (χ1v) is 12.3. The molecule has 0 amide bonds. The average molecular weight is 446 g/mol. The lowest BCUT2D eigenvalue weighted by atomic mass is 9.78. The molecule has 0 radical (unpaired) electrons. The SMILES string of the molecule is CCNC(=NCc1ccc(C)cc1OCC1CCOC1)NCC1CCCOC1C(C)(C)C. The van der Waals surface area contributed by atoms with E-state index in [1.807, 2.05) is 0 Å². The molecule has 2 heterocycles. The number of hydrogen-bond acceptors (Lipinski definition) is 4. The second-order valence-electron chi connectivity index (χ2n) is 10.3. The van der Waals surface area contributed by atoms with Crippen LogP contribution in [0.1, 0.15) is 58.1 Å². The Morgan fingerprint density at radius 3 is 2.75 bits per heavy atom. The van der Waals surface area contributed by atoms with Crippen LogP contribution in [-0.2, 0) is 16.0 Å². The summed E-state index contributed by atoms with van der Waals surface area (Å²) in [5.74, 6) is 2.75. The van der Waals surface area contributed by atoms with Crippen molar-refractivity contribution >= 4 is 5.96 Å². The molecule has 0 spiro atoms. The molecule has 2 aliphatic heterocycles. The molecule has 2 saturated heterocycles. The largest absolute Gasteiger partial charge is 0.493 e. The third-order valence-corrected chi connectivity index (χ3v) is 6.30. The molecule has 3 atom stereocenters. The van der Waals surface area contributed by atoms with Gasteiger partial charge in [-0.25, -0.2) is 4.99 Å². The lowest BCUT2D eigenvalue weighted by Gasteiger charge is -2.40. The van der Waals surface area contributed by atoms with E-state index in [1.165, 1.54) is 12.0 Å². The average Bonchev–Trinajstić information content (AvgIpc) is 3.28. The number of nitrogens with zero attached hydrogens (tertiary/aromatic N) is 1. The van der Waals surface area contributed by atoms with Gasteiger partial charge in [0.25, 0.3) is 0 Å². The molecule has 0 bridgehead atoms. The highest BCUT2D eigenvalue weighted by Gasteiger charge is 2.35. The van der Waals surface area contributed by atoms with Gasteiger partial charge in [-0.1, -0.05) is 32.9 Å². The smallest absolute Gasteiger partial charge is 0.191 e. The van der Waals surface area contributed by atoms with Crippen molar-refractivity contribution in [3.8, 4) is 5.75 Å². The van der Waals surface area contributed by atoms with Crippen LogP contribution >= 0.6 is 0 Å². The molecule has 6 nitrogen and oxygen atoms in total. The van der Waals surface area contributed by atoms with Gasteiger partial charge in [-0.3, -0.25) is 0 Å². The van der Waals surface area contributed by atoms with Gasteiger partial charge in [-0.05, 0) is 50.2 Å². The van der Waals surface area contributed by atoms with E-state index in [4.69, 9.17) is 19.2 Å². The van der Waals surface area contributed by atoms with Crippen molar-refractivity contribution in [3.05, 3.63) is 29.3 Å². The number of aryl methyl sites for hydroxylation is 1. The van der Waals surface area contributed by atoms with Gasteiger partial charge in [0.15, 0.2) is 5.96 Å².